The van der Waals surface area contributed by atoms with Crippen molar-refractivity contribution in [1.29, 1.82) is 0 Å². The molecule has 0 radical (unpaired) electrons. The quantitative estimate of drug-likeness (QED) is 0.751. The second kappa shape index (κ2) is 8.57. The zero-order valence-electron chi connectivity index (χ0n) is 16.8. The first-order chi connectivity index (χ1) is 12.6. The molecule has 1 aromatic heterocycles. The van der Waals surface area contributed by atoms with Crippen molar-refractivity contribution >= 4 is 11.4 Å². The summed E-state index contributed by atoms with van der Waals surface area (Å²) in [5, 5.41) is 0. The normalized spacial score (nSPS) is 16.1. The lowest BCUT2D eigenvalue weighted by Crippen LogP contribution is -2.35. The Hall–Kier alpha value is -2.03. The van der Waals surface area contributed by atoms with Gasteiger partial charge >= 0.3 is 0 Å². The molecule has 0 amide bonds. The lowest BCUT2D eigenvalue weighted by Gasteiger charge is -2.34. The predicted molar refractivity (Wildman–Crippen MR) is 112 cm³/mol. The van der Waals surface area contributed by atoms with Crippen LogP contribution in [0.5, 0.6) is 0 Å². The van der Waals surface area contributed by atoms with Gasteiger partial charge in [0.05, 0.1) is 0 Å². The molecular weight excluding hydrogens is 318 g/mol. The van der Waals surface area contributed by atoms with E-state index in [0.29, 0.717) is 12.1 Å². The zero-order chi connectivity index (χ0) is 18.5. The number of hydrogen-bond acceptors (Lipinski definition) is 3. The van der Waals surface area contributed by atoms with Gasteiger partial charge in [0.25, 0.3) is 0 Å². The Balaban J connectivity index is 0.000000151. The van der Waals surface area contributed by atoms with Crippen LogP contribution in [0.3, 0.4) is 0 Å². The molecule has 0 bridgehead atoms. The maximum absolute atomic E-state index is 4.17. The van der Waals surface area contributed by atoms with E-state index in [9.17, 15) is 0 Å². The number of para-hydroxylation sites is 1. The van der Waals surface area contributed by atoms with Gasteiger partial charge in [-0.05, 0) is 76.6 Å². The number of nitrogens with zero attached hydrogens (tertiary/aromatic N) is 3. The van der Waals surface area contributed by atoms with E-state index in [1.807, 2.05) is 12.4 Å². The smallest absolute Gasteiger partial charge is 0.0432 e. The van der Waals surface area contributed by atoms with Crippen LogP contribution in [0.1, 0.15) is 51.7 Å². The molecule has 0 fully saturated rings. The zero-order valence-corrected chi connectivity index (χ0v) is 16.8. The molecule has 0 unspecified atom stereocenters. The van der Waals surface area contributed by atoms with Gasteiger partial charge in [0.15, 0.2) is 0 Å². The summed E-state index contributed by atoms with van der Waals surface area (Å²) >= 11 is 0. The first-order valence-corrected chi connectivity index (χ1v) is 10.1. The van der Waals surface area contributed by atoms with Gasteiger partial charge in [-0.25, -0.2) is 0 Å². The minimum absolute atomic E-state index is 0.599. The minimum atomic E-state index is 0.599. The van der Waals surface area contributed by atoms with Crippen molar-refractivity contribution in [1.82, 2.24) is 4.98 Å². The molecule has 3 nitrogen and oxygen atoms in total. The maximum Gasteiger partial charge on any atom is 0.0432 e. The van der Waals surface area contributed by atoms with Crippen molar-refractivity contribution in [2.24, 2.45) is 0 Å². The minimum Gasteiger partial charge on any atom is -0.369 e. The van der Waals surface area contributed by atoms with Crippen LogP contribution in [0, 0.1) is 0 Å². The Kier molecular flexibility index (Phi) is 6.18. The SMILES string of the molecule is CC(C)N1CCCc2ccccc21.CC(C)N1CCCc2cnccc21. The largest absolute Gasteiger partial charge is 0.369 e. The fraction of sp³-hybridized carbons (Fsp3) is 0.522. The van der Waals surface area contributed by atoms with Gasteiger partial charge < -0.3 is 9.80 Å². The van der Waals surface area contributed by atoms with Crippen molar-refractivity contribution in [2.45, 2.75) is 65.5 Å². The molecule has 0 spiro atoms. The molecule has 3 heteroatoms. The summed E-state index contributed by atoms with van der Waals surface area (Å²) < 4.78 is 0. The Morgan fingerprint density at radius 1 is 0.769 bits per heavy atom. The van der Waals surface area contributed by atoms with Crippen molar-refractivity contribution in [2.75, 3.05) is 22.9 Å². The summed E-state index contributed by atoms with van der Waals surface area (Å²) in [4.78, 5) is 9.12. The number of anilines is 2. The Morgan fingerprint density at radius 3 is 2.00 bits per heavy atom. The number of aryl methyl sites for hydroxylation is 2. The van der Waals surface area contributed by atoms with Gasteiger partial charge in [-0.2, -0.15) is 0 Å². The Labute approximate surface area is 159 Å². The molecule has 0 atom stereocenters. The van der Waals surface area contributed by atoms with E-state index >= 15 is 0 Å². The van der Waals surface area contributed by atoms with Crippen molar-refractivity contribution in [3.63, 3.8) is 0 Å². The molecule has 0 saturated heterocycles. The average Bonchev–Trinajstić information content (AvgIpc) is 2.67. The fourth-order valence-electron chi connectivity index (χ4n) is 4.09. The highest BCUT2D eigenvalue weighted by Gasteiger charge is 2.18. The summed E-state index contributed by atoms with van der Waals surface area (Å²) in [5.74, 6) is 0. The van der Waals surface area contributed by atoms with E-state index in [1.54, 1.807) is 0 Å². The average molecular weight is 352 g/mol. The molecule has 0 N–H and O–H groups in total. The van der Waals surface area contributed by atoms with Crippen LogP contribution in [-0.2, 0) is 12.8 Å². The van der Waals surface area contributed by atoms with E-state index in [-0.39, 0.29) is 0 Å². The summed E-state index contributed by atoms with van der Waals surface area (Å²) in [7, 11) is 0. The summed E-state index contributed by atoms with van der Waals surface area (Å²) in [5.41, 5.74) is 5.75. The first kappa shape index (κ1) is 18.8. The van der Waals surface area contributed by atoms with Crippen LogP contribution in [0.4, 0.5) is 11.4 Å². The third kappa shape index (κ3) is 4.20. The molecule has 0 saturated carbocycles. The number of rotatable bonds is 2. The van der Waals surface area contributed by atoms with Crippen molar-refractivity contribution in [3.8, 4) is 0 Å². The monoisotopic (exact) mass is 351 g/mol. The van der Waals surface area contributed by atoms with E-state index in [1.165, 1.54) is 61.3 Å². The highest BCUT2D eigenvalue weighted by atomic mass is 15.2. The second-order valence-corrected chi connectivity index (χ2v) is 7.91. The Morgan fingerprint density at radius 2 is 1.35 bits per heavy atom. The number of fused-ring (bicyclic) bond motifs is 2. The molecule has 3 heterocycles. The highest BCUT2D eigenvalue weighted by Crippen LogP contribution is 2.28. The topological polar surface area (TPSA) is 19.4 Å². The van der Waals surface area contributed by atoms with Gasteiger partial charge in [0.2, 0.25) is 0 Å². The molecule has 140 valence electrons. The standard InChI is InChI=1S/C12H17N.C11H16N2/c1-10(2)13-9-5-7-11-6-3-4-8-12(11)13;1-9(2)13-7-3-4-10-8-12-6-5-11(10)13/h3-4,6,8,10H,5,7,9H2,1-2H3;5-6,8-9H,3-4,7H2,1-2H3. The molecule has 0 aliphatic carbocycles. The number of hydrogen-bond donors (Lipinski definition) is 0. The lowest BCUT2D eigenvalue weighted by atomic mass is 10.0. The third-order valence-corrected chi connectivity index (χ3v) is 5.43. The molecule has 1 aromatic carbocycles. The summed E-state index contributed by atoms with van der Waals surface area (Å²) in [6.45, 7) is 11.4. The van der Waals surface area contributed by atoms with E-state index in [4.69, 9.17) is 0 Å². The van der Waals surface area contributed by atoms with Gasteiger partial charge in [-0.1, -0.05) is 18.2 Å². The van der Waals surface area contributed by atoms with Crippen molar-refractivity contribution in [3.05, 3.63) is 53.9 Å². The first-order valence-electron chi connectivity index (χ1n) is 10.1. The number of pyridine rings is 1. The van der Waals surface area contributed by atoms with Crippen LogP contribution < -0.4 is 9.80 Å². The van der Waals surface area contributed by atoms with E-state index < -0.39 is 0 Å². The van der Waals surface area contributed by atoms with Crippen molar-refractivity contribution < 1.29 is 0 Å². The van der Waals surface area contributed by atoms with Gasteiger partial charge in [-0.3, -0.25) is 4.98 Å². The number of aromatic nitrogens is 1. The second-order valence-electron chi connectivity index (χ2n) is 7.91. The Bertz CT molecular complexity index is 647. The van der Waals surface area contributed by atoms with Gasteiger partial charge in [-0.15, -0.1) is 0 Å². The molecule has 2 aliphatic heterocycles. The van der Waals surface area contributed by atoms with Gasteiger partial charge in [0, 0.05) is 48.9 Å². The molecule has 2 aliphatic rings. The fourth-order valence-corrected chi connectivity index (χ4v) is 4.09. The summed E-state index contributed by atoms with van der Waals surface area (Å²) in [6.07, 6.45) is 8.89. The highest BCUT2D eigenvalue weighted by molar-refractivity contribution is 5.56. The lowest BCUT2D eigenvalue weighted by molar-refractivity contribution is 0.624. The van der Waals surface area contributed by atoms with E-state index in [2.05, 4.69) is 72.8 Å². The van der Waals surface area contributed by atoms with Crippen LogP contribution >= 0.6 is 0 Å². The maximum atomic E-state index is 4.17. The van der Waals surface area contributed by atoms with Gasteiger partial charge in [0.1, 0.15) is 0 Å². The van der Waals surface area contributed by atoms with Crippen LogP contribution in [0.2, 0.25) is 0 Å². The number of benzene rings is 1. The predicted octanol–water partition coefficient (Wildman–Crippen LogP) is 5.09. The third-order valence-electron chi connectivity index (χ3n) is 5.43. The molecule has 26 heavy (non-hydrogen) atoms. The summed E-state index contributed by atoms with van der Waals surface area (Å²) in [6, 6.07) is 12.1. The van der Waals surface area contributed by atoms with E-state index in [0.717, 1.165) is 0 Å². The molecular formula is C23H33N3. The molecule has 2 aromatic rings. The van der Waals surface area contributed by atoms with Crippen LogP contribution in [-0.4, -0.2) is 30.2 Å². The van der Waals surface area contributed by atoms with Crippen LogP contribution in [0.25, 0.3) is 0 Å². The molecule has 4 rings (SSSR count). The van der Waals surface area contributed by atoms with Crippen LogP contribution in [0.15, 0.2) is 42.7 Å².